The first-order chi connectivity index (χ1) is 14.2. The number of para-hydroxylation sites is 1. The van der Waals surface area contributed by atoms with Crippen LogP contribution in [0.25, 0.3) is 0 Å². The molecule has 1 aliphatic rings. The Labute approximate surface area is 177 Å². The van der Waals surface area contributed by atoms with E-state index in [0.29, 0.717) is 25.1 Å². The van der Waals surface area contributed by atoms with Crippen LogP contribution in [0.4, 0.5) is 11.4 Å². The molecule has 0 radical (unpaired) electrons. The lowest BCUT2D eigenvalue weighted by Gasteiger charge is -2.19. The standard InChI is InChI=1S/C22H27N3O4S/c1-15(2)14-23-22(27)18-7-4-5-8-19(18)24-30(28,29)17-10-11-20(16(3)13-17)25-12-6-9-21(25)26/h4-5,7-8,10-11,13,15,24H,6,9,12,14H2,1-3H3,(H,23,27). The Balaban J connectivity index is 1.84. The van der Waals surface area contributed by atoms with Crippen molar-refractivity contribution in [3.05, 3.63) is 53.6 Å². The van der Waals surface area contributed by atoms with Crippen LogP contribution in [0.15, 0.2) is 47.4 Å². The van der Waals surface area contributed by atoms with Crippen LogP contribution in [0.2, 0.25) is 0 Å². The van der Waals surface area contributed by atoms with Crippen molar-refractivity contribution >= 4 is 33.2 Å². The highest BCUT2D eigenvalue weighted by molar-refractivity contribution is 7.92. The van der Waals surface area contributed by atoms with Crippen molar-refractivity contribution in [1.82, 2.24) is 5.32 Å². The molecule has 1 aliphatic heterocycles. The molecule has 0 aromatic heterocycles. The highest BCUT2D eigenvalue weighted by atomic mass is 32.2. The van der Waals surface area contributed by atoms with Crippen molar-refractivity contribution in [1.29, 1.82) is 0 Å². The van der Waals surface area contributed by atoms with Crippen molar-refractivity contribution in [2.45, 2.75) is 38.5 Å². The van der Waals surface area contributed by atoms with Gasteiger partial charge in [-0.1, -0.05) is 26.0 Å². The first-order valence-corrected chi connectivity index (χ1v) is 11.5. The summed E-state index contributed by atoms with van der Waals surface area (Å²) in [5.41, 5.74) is 1.91. The zero-order valence-electron chi connectivity index (χ0n) is 17.4. The summed E-state index contributed by atoms with van der Waals surface area (Å²) >= 11 is 0. The molecule has 1 heterocycles. The van der Waals surface area contributed by atoms with Gasteiger partial charge in [0.25, 0.3) is 15.9 Å². The minimum absolute atomic E-state index is 0.0492. The molecule has 0 bridgehead atoms. The molecule has 8 heteroatoms. The van der Waals surface area contributed by atoms with Gasteiger partial charge >= 0.3 is 0 Å². The molecule has 0 saturated carbocycles. The van der Waals surface area contributed by atoms with Gasteiger partial charge in [0.2, 0.25) is 5.91 Å². The van der Waals surface area contributed by atoms with Gasteiger partial charge in [-0.2, -0.15) is 0 Å². The Hall–Kier alpha value is -2.87. The van der Waals surface area contributed by atoms with E-state index < -0.39 is 10.0 Å². The normalized spacial score (nSPS) is 14.3. The van der Waals surface area contributed by atoms with Gasteiger partial charge in [0.05, 0.1) is 16.1 Å². The van der Waals surface area contributed by atoms with Crippen LogP contribution < -0.4 is 14.9 Å². The topological polar surface area (TPSA) is 95.6 Å². The summed E-state index contributed by atoms with van der Waals surface area (Å²) in [6.07, 6.45) is 1.31. The predicted octanol–water partition coefficient (Wildman–Crippen LogP) is 3.31. The maximum atomic E-state index is 13.0. The number of carbonyl (C=O) groups is 2. The summed E-state index contributed by atoms with van der Waals surface area (Å²) in [4.78, 5) is 26.3. The van der Waals surface area contributed by atoms with E-state index in [2.05, 4.69) is 10.0 Å². The zero-order chi connectivity index (χ0) is 21.9. The second kappa shape index (κ2) is 8.87. The number of anilines is 2. The molecule has 0 spiro atoms. The molecule has 3 rings (SSSR count). The molecule has 1 saturated heterocycles. The lowest BCUT2D eigenvalue weighted by molar-refractivity contribution is -0.117. The fourth-order valence-corrected chi connectivity index (χ4v) is 4.53. The SMILES string of the molecule is Cc1cc(S(=O)(=O)Nc2ccccc2C(=O)NCC(C)C)ccc1N1CCCC1=O. The van der Waals surface area contributed by atoms with Crippen LogP contribution in [0.3, 0.4) is 0 Å². The second-order valence-electron chi connectivity index (χ2n) is 7.85. The monoisotopic (exact) mass is 429 g/mol. The Morgan fingerprint density at radius 3 is 2.53 bits per heavy atom. The lowest BCUT2D eigenvalue weighted by Crippen LogP contribution is -2.28. The maximum Gasteiger partial charge on any atom is 0.261 e. The molecule has 2 N–H and O–H groups in total. The van der Waals surface area contributed by atoms with Gasteiger partial charge in [0.15, 0.2) is 0 Å². The summed E-state index contributed by atoms with van der Waals surface area (Å²) in [7, 11) is -3.91. The Morgan fingerprint density at radius 2 is 1.90 bits per heavy atom. The first-order valence-electron chi connectivity index (χ1n) is 10.00. The van der Waals surface area contributed by atoms with Gasteiger partial charge in [-0.15, -0.1) is 0 Å². The quantitative estimate of drug-likeness (QED) is 0.706. The number of hydrogen-bond donors (Lipinski definition) is 2. The van der Waals surface area contributed by atoms with E-state index in [-0.39, 0.29) is 33.9 Å². The average Bonchev–Trinajstić information content (AvgIpc) is 3.11. The second-order valence-corrected chi connectivity index (χ2v) is 9.53. The molecule has 1 fully saturated rings. The van der Waals surface area contributed by atoms with E-state index >= 15 is 0 Å². The predicted molar refractivity (Wildman–Crippen MR) is 117 cm³/mol. The van der Waals surface area contributed by atoms with Crippen molar-refractivity contribution in [3.63, 3.8) is 0 Å². The molecule has 7 nitrogen and oxygen atoms in total. The van der Waals surface area contributed by atoms with Gasteiger partial charge in [-0.25, -0.2) is 8.42 Å². The van der Waals surface area contributed by atoms with E-state index in [4.69, 9.17) is 0 Å². The number of benzene rings is 2. The largest absolute Gasteiger partial charge is 0.352 e. The first kappa shape index (κ1) is 21.8. The van der Waals surface area contributed by atoms with E-state index in [9.17, 15) is 18.0 Å². The summed E-state index contributed by atoms with van der Waals surface area (Å²) in [5.74, 6) is -0.00368. The molecule has 2 aromatic rings. The van der Waals surface area contributed by atoms with Crippen LogP contribution in [-0.2, 0) is 14.8 Å². The Morgan fingerprint density at radius 1 is 1.17 bits per heavy atom. The molecule has 0 unspecified atom stereocenters. The van der Waals surface area contributed by atoms with Gasteiger partial charge in [-0.3, -0.25) is 14.3 Å². The summed E-state index contributed by atoms with van der Waals surface area (Å²) in [6.45, 7) is 6.89. The molecule has 2 amide bonds. The molecule has 2 aromatic carbocycles. The highest BCUT2D eigenvalue weighted by Crippen LogP contribution is 2.28. The minimum atomic E-state index is -3.91. The van der Waals surface area contributed by atoms with E-state index in [1.807, 2.05) is 13.8 Å². The minimum Gasteiger partial charge on any atom is -0.352 e. The highest BCUT2D eigenvalue weighted by Gasteiger charge is 2.25. The Bertz CT molecular complexity index is 1060. The van der Waals surface area contributed by atoms with Gasteiger partial charge < -0.3 is 10.2 Å². The van der Waals surface area contributed by atoms with Crippen LogP contribution in [0, 0.1) is 12.8 Å². The van der Waals surface area contributed by atoms with Crippen LogP contribution in [-0.4, -0.2) is 33.3 Å². The fraction of sp³-hybridized carbons (Fsp3) is 0.364. The van der Waals surface area contributed by atoms with Crippen LogP contribution in [0.5, 0.6) is 0 Å². The van der Waals surface area contributed by atoms with Gasteiger partial charge in [-0.05, 0) is 55.2 Å². The number of sulfonamides is 1. The zero-order valence-corrected chi connectivity index (χ0v) is 18.3. The number of rotatable bonds is 7. The molecule has 0 atom stereocenters. The molecule has 160 valence electrons. The van der Waals surface area contributed by atoms with Crippen LogP contribution >= 0.6 is 0 Å². The Kier molecular flexibility index (Phi) is 6.45. The van der Waals surface area contributed by atoms with Crippen molar-refractivity contribution in [2.24, 2.45) is 5.92 Å². The summed E-state index contributed by atoms with van der Waals surface area (Å²) in [5, 5.41) is 2.81. The lowest BCUT2D eigenvalue weighted by atomic mass is 10.1. The van der Waals surface area contributed by atoms with Crippen molar-refractivity contribution < 1.29 is 18.0 Å². The molecular formula is C22H27N3O4S. The number of hydrogen-bond acceptors (Lipinski definition) is 4. The smallest absolute Gasteiger partial charge is 0.261 e. The summed E-state index contributed by atoms with van der Waals surface area (Å²) < 4.78 is 28.5. The van der Waals surface area contributed by atoms with Crippen LogP contribution in [0.1, 0.15) is 42.6 Å². The molecular weight excluding hydrogens is 402 g/mol. The molecule has 0 aliphatic carbocycles. The van der Waals surface area contributed by atoms with E-state index in [1.54, 1.807) is 48.2 Å². The number of aryl methyl sites for hydroxylation is 1. The number of carbonyl (C=O) groups excluding carboxylic acids is 2. The van der Waals surface area contributed by atoms with Crippen molar-refractivity contribution in [2.75, 3.05) is 22.7 Å². The van der Waals surface area contributed by atoms with E-state index in [1.165, 1.54) is 6.07 Å². The van der Waals surface area contributed by atoms with Crippen molar-refractivity contribution in [3.8, 4) is 0 Å². The third-order valence-electron chi connectivity index (χ3n) is 4.93. The number of amides is 2. The fourth-order valence-electron chi connectivity index (χ4n) is 3.37. The maximum absolute atomic E-state index is 13.0. The summed E-state index contributed by atoms with van der Waals surface area (Å²) in [6, 6.07) is 11.2. The number of nitrogens with zero attached hydrogens (tertiary/aromatic N) is 1. The molecule has 30 heavy (non-hydrogen) atoms. The third-order valence-corrected chi connectivity index (χ3v) is 6.29. The third kappa shape index (κ3) is 4.81. The van der Waals surface area contributed by atoms with Gasteiger partial charge in [0.1, 0.15) is 0 Å². The number of nitrogens with one attached hydrogen (secondary N) is 2. The average molecular weight is 430 g/mol. The van der Waals surface area contributed by atoms with E-state index in [0.717, 1.165) is 12.1 Å². The van der Waals surface area contributed by atoms with Gasteiger partial charge in [0, 0.05) is 25.2 Å².